The Morgan fingerprint density at radius 1 is 1.32 bits per heavy atom. The van der Waals surface area contributed by atoms with Crippen LogP contribution in [0, 0.1) is 11.8 Å². The quantitative estimate of drug-likeness (QED) is 0.614. The van der Waals surface area contributed by atoms with Gasteiger partial charge in [0, 0.05) is 25.7 Å². The van der Waals surface area contributed by atoms with Gasteiger partial charge in [0.2, 0.25) is 0 Å². The third-order valence-corrected chi connectivity index (χ3v) is 4.20. The molecule has 3 nitrogen and oxygen atoms in total. The average Bonchev–Trinajstić information content (AvgIpc) is 2.45. The minimum atomic E-state index is -0.207. The Labute approximate surface area is 113 Å². The molecule has 0 aromatic heterocycles. The SMILES string of the molecule is COC(=O)C=C1C2CC1CN(Cc1ccccc1)C2. The Morgan fingerprint density at radius 3 is 2.63 bits per heavy atom. The molecule has 0 N–H and O–H groups in total. The number of piperidine rings is 2. The maximum absolute atomic E-state index is 11.3. The monoisotopic (exact) mass is 257 g/mol. The Bertz CT molecular complexity index is 481. The van der Waals surface area contributed by atoms with Crippen molar-refractivity contribution >= 4 is 5.97 Å². The predicted octanol–water partition coefficient (Wildman–Crippen LogP) is 2.24. The summed E-state index contributed by atoms with van der Waals surface area (Å²) < 4.78 is 4.72. The van der Waals surface area contributed by atoms with Crippen LogP contribution in [0.25, 0.3) is 0 Å². The minimum absolute atomic E-state index is 0.207. The number of benzene rings is 1. The summed E-state index contributed by atoms with van der Waals surface area (Å²) in [7, 11) is 1.44. The van der Waals surface area contributed by atoms with Crippen molar-refractivity contribution in [1.29, 1.82) is 0 Å². The van der Waals surface area contributed by atoms with Crippen molar-refractivity contribution in [2.24, 2.45) is 11.8 Å². The molecule has 1 aromatic rings. The van der Waals surface area contributed by atoms with E-state index in [9.17, 15) is 4.79 Å². The fourth-order valence-electron chi connectivity index (χ4n) is 3.25. The minimum Gasteiger partial charge on any atom is -0.466 e. The van der Waals surface area contributed by atoms with E-state index >= 15 is 0 Å². The van der Waals surface area contributed by atoms with Gasteiger partial charge in [-0.15, -0.1) is 0 Å². The van der Waals surface area contributed by atoms with E-state index in [4.69, 9.17) is 4.74 Å². The van der Waals surface area contributed by atoms with E-state index in [1.54, 1.807) is 6.08 Å². The van der Waals surface area contributed by atoms with Crippen LogP contribution in [0.1, 0.15) is 12.0 Å². The van der Waals surface area contributed by atoms with Crippen LogP contribution in [0.4, 0.5) is 0 Å². The molecule has 3 heteroatoms. The molecule has 19 heavy (non-hydrogen) atoms. The number of esters is 1. The van der Waals surface area contributed by atoms with Crippen molar-refractivity contribution in [2.45, 2.75) is 13.0 Å². The molecule has 0 radical (unpaired) electrons. The number of hydrogen-bond acceptors (Lipinski definition) is 3. The number of nitrogens with zero attached hydrogens (tertiary/aromatic N) is 1. The number of hydrogen-bond donors (Lipinski definition) is 0. The number of methoxy groups -OCH3 is 1. The Kier molecular flexibility index (Phi) is 3.38. The largest absolute Gasteiger partial charge is 0.466 e. The number of ether oxygens (including phenoxy) is 1. The van der Waals surface area contributed by atoms with Crippen LogP contribution >= 0.6 is 0 Å². The predicted molar refractivity (Wildman–Crippen MR) is 73.4 cm³/mol. The lowest BCUT2D eigenvalue weighted by Gasteiger charge is -2.49. The van der Waals surface area contributed by atoms with Gasteiger partial charge < -0.3 is 4.74 Å². The molecule has 1 aliphatic carbocycles. The van der Waals surface area contributed by atoms with Crippen LogP contribution in [-0.2, 0) is 16.1 Å². The van der Waals surface area contributed by atoms with Gasteiger partial charge in [-0.3, -0.25) is 4.90 Å². The van der Waals surface area contributed by atoms with Crippen molar-refractivity contribution < 1.29 is 9.53 Å². The van der Waals surface area contributed by atoms with Gasteiger partial charge in [0.15, 0.2) is 0 Å². The van der Waals surface area contributed by atoms with E-state index in [2.05, 4.69) is 29.2 Å². The third-order valence-electron chi connectivity index (χ3n) is 4.20. The standard InChI is InChI=1S/C16H19NO2/c1-19-16(18)8-15-13-7-14(15)11-17(10-13)9-12-5-3-2-4-6-12/h2-6,8,13-14H,7,9-11H2,1H3. The van der Waals surface area contributed by atoms with E-state index in [1.807, 2.05) is 6.07 Å². The second kappa shape index (κ2) is 5.17. The van der Waals surface area contributed by atoms with E-state index in [1.165, 1.54) is 24.7 Å². The Morgan fingerprint density at radius 2 is 2.00 bits per heavy atom. The molecule has 0 spiro atoms. The zero-order chi connectivity index (χ0) is 13.2. The third kappa shape index (κ3) is 2.56. The van der Waals surface area contributed by atoms with Crippen LogP contribution in [0.3, 0.4) is 0 Å². The summed E-state index contributed by atoms with van der Waals surface area (Å²) in [5.41, 5.74) is 2.67. The van der Waals surface area contributed by atoms with E-state index in [-0.39, 0.29) is 5.97 Å². The summed E-state index contributed by atoms with van der Waals surface area (Å²) in [6.07, 6.45) is 2.94. The van der Waals surface area contributed by atoms with Crippen LogP contribution in [0.15, 0.2) is 42.0 Å². The normalized spacial score (nSPS) is 25.6. The summed E-state index contributed by atoms with van der Waals surface area (Å²) in [5, 5.41) is 0. The average molecular weight is 257 g/mol. The first-order chi connectivity index (χ1) is 9.26. The van der Waals surface area contributed by atoms with Crippen molar-refractivity contribution in [3.8, 4) is 0 Å². The van der Waals surface area contributed by atoms with Gasteiger partial charge in [0.1, 0.15) is 0 Å². The molecule has 2 bridgehead atoms. The number of rotatable bonds is 3. The van der Waals surface area contributed by atoms with Crippen molar-refractivity contribution in [2.75, 3.05) is 20.2 Å². The molecule has 1 saturated carbocycles. The molecule has 100 valence electrons. The van der Waals surface area contributed by atoms with E-state index in [0.29, 0.717) is 11.8 Å². The topological polar surface area (TPSA) is 29.5 Å². The second-order valence-electron chi connectivity index (χ2n) is 5.48. The van der Waals surface area contributed by atoms with Gasteiger partial charge in [0.05, 0.1) is 7.11 Å². The molecule has 3 aliphatic rings. The zero-order valence-corrected chi connectivity index (χ0v) is 11.2. The molecular formula is C16H19NO2. The summed E-state index contributed by atoms with van der Waals surface area (Å²) in [6.45, 7) is 3.14. The Hall–Kier alpha value is -1.61. The van der Waals surface area contributed by atoms with Gasteiger partial charge in [0.25, 0.3) is 0 Å². The highest BCUT2D eigenvalue weighted by Gasteiger charge is 2.42. The van der Waals surface area contributed by atoms with Crippen LogP contribution < -0.4 is 0 Å². The highest BCUT2D eigenvalue weighted by Crippen LogP contribution is 2.45. The highest BCUT2D eigenvalue weighted by atomic mass is 16.5. The maximum Gasteiger partial charge on any atom is 0.330 e. The lowest BCUT2D eigenvalue weighted by molar-refractivity contribution is -0.135. The summed E-state index contributed by atoms with van der Waals surface area (Å²) in [6, 6.07) is 10.6. The molecule has 2 unspecified atom stereocenters. The van der Waals surface area contributed by atoms with E-state index < -0.39 is 0 Å². The lowest BCUT2D eigenvalue weighted by atomic mass is 9.66. The Balaban J connectivity index is 1.61. The summed E-state index contributed by atoms with van der Waals surface area (Å²) >= 11 is 0. The van der Waals surface area contributed by atoms with Crippen molar-refractivity contribution in [3.63, 3.8) is 0 Å². The number of fused-ring (bicyclic) bond motifs is 2. The van der Waals surface area contributed by atoms with Gasteiger partial charge in [-0.05, 0) is 23.8 Å². The van der Waals surface area contributed by atoms with Crippen LogP contribution in [-0.4, -0.2) is 31.1 Å². The van der Waals surface area contributed by atoms with Crippen molar-refractivity contribution in [3.05, 3.63) is 47.5 Å². The second-order valence-corrected chi connectivity index (χ2v) is 5.48. The van der Waals surface area contributed by atoms with E-state index in [0.717, 1.165) is 19.6 Å². The van der Waals surface area contributed by atoms with Crippen molar-refractivity contribution in [1.82, 2.24) is 4.90 Å². The van der Waals surface area contributed by atoms with Gasteiger partial charge in [-0.25, -0.2) is 4.79 Å². The van der Waals surface area contributed by atoms with Crippen LogP contribution in [0.2, 0.25) is 0 Å². The molecule has 2 heterocycles. The first-order valence-corrected chi connectivity index (χ1v) is 6.82. The number of carbonyl (C=O) groups is 1. The molecule has 1 aromatic carbocycles. The zero-order valence-electron chi connectivity index (χ0n) is 11.2. The lowest BCUT2D eigenvalue weighted by Crippen LogP contribution is -2.50. The van der Waals surface area contributed by atoms with Gasteiger partial charge >= 0.3 is 5.97 Å². The smallest absolute Gasteiger partial charge is 0.330 e. The molecular weight excluding hydrogens is 238 g/mol. The first-order valence-electron chi connectivity index (χ1n) is 6.82. The fourth-order valence-corrected chi connectivity index (χ4v) is 3.25. The highest BCUT2D eigenvalue weighted by molar-refractivity contribution is 5.83. The maximum atomic E-state index is 11.3. The molecule has 0 amide bonds. The summed E-state index contributed by atoms with van der Waals surface area (Å²) in [5.74, 6) is 0.907. The number of carbonyl (C=O) groups excluding carboxylic acids is 1. The first kappa shape index (κ1) is 12.4. The van der Waals surface area contributed by atoms with Crippen LogP contribution in [0.5, 0.6) is 0 Å². The fraction of sp³-hybridized carbons (Fsp3) is 0.438. The molecule has 2 saturated heterocycles. The van der Waals surface area contributed by atoms with Gasteiger partial charge in [-0.1, -0.05) is 35.9 Å². The molecule has 2 atom stereocenters. The molecule has 3 fully saturated rings. The molecule has 2 aliphatic heterocycles. The summed E-state index contributed by atoms with van der Waals surface area (Å²) in [4.78, 5) is 13.8. The molecule has 4 rings (SSSR count). The van der Waals surface area contributed by atoms with Gasteiger partial charge in [-0.2, -0.15) is 0 Å².